The van der Waals surface area contributed by atoms with Crippen LogP contribution in [0.3, 0.4) is 0 Å². The molecule has 376 valence electrons. The molecule has 6 aromatic rings. The van der Waals surface area contributed by atoms with Crippen molar-refractivity contribution in [2.24, 2.45) is 11.8 Å². The summed E-state index contributed by atoms with van der Waals surface area (Å²) in [5, 5.41) is 42.7. The lowest BCUT2D eigenvalue weighted by Crippen LogP contribution is -2.49. The second-order valence-corrected chi connectivity index (χ2v) is 20.3. The lowest BCUT2D eigenvalue weighted by atomic mass is 9.88. The standard InChI is InChI=1S/C55H63ClN10O6/c1-4-49(69)62-25-27-63(28-26-62)51-41-19-24-65(46-10-6-8-38-7-5-9-44(56)50(38)46)34-45(41)57-54(58-51)72-30-29-61-20-17-39(18-21-61)53(70)64-22-15-37(16-23-64)31-36-11-13-40(14-12-36)66-52(59-60-55(66)71)43-32-42(35(2)3)47(67)33-48(43)68/h4-14,32-33,35,37,39,67-68H,1,15-31,34H2,2-3H3,(H,60,71). The zero-order valence-corrected chi connectivity index (χ0v) is 41.8. The van der Waals surface area contributed by atoms with Crippen molar-refractivity contribution in [1.82, 2.24) is 39.4 Å². The van der Waals surface area contributed by atoms with Crippen molar-refractivity contribution in [3.63, 3.8) is 0 Å². The Hall–Kier alpha value is -6.91. The van der Waals surface area contributed by atoms with Crippen LogP contribution in [0.2, 0.25) is 5.02 Å². The number of likely N-dealkylation sites (tertiary alicyclic amines) is 2. The minimum absolute atomic E-state index is 0.000608. The van der Waals surface area contributed by atoms with Crippen molar-refractivity contribution in [3.05, 3.63) is 113 Å². The van der Waals surface area contributed by atoms with Gasteiger partial charge in [0.2, 0.25) is 11.8 Å². The van der Waals surface area contributed by atoms with E-state index in [1.54, 1.807) is 6.07 Å². The lowest BCUT2D eigenvalue weighted by Gasteiger charge is -2.38. The van der Waals surface area contributed by atoms with E-state index in [0.29, 0.717) is 74.6 Å². The molecule has 0 bridgehead atoms. The Balaban J connectivity index is 0.717. The number of benzene rings is 4. The van der Waals surface area contributed by atoms with Crippen LogP contribution in [0.5, 0.6) is 23.5 Å². The van der Waals surface area contributed by atoms with E-state index < -0.39 is 0 Å². The van der Waals surface area contributed by atoms with Crippen molar-refractivity contribution in [2.75, 3.05) is 81.9 Å². The smallest absolute Gasteiger partial charge is 0.319 e. The van der Waals surface area contributed by atoms with Gasteiger partial charge in [0.15, 0.2) is 5.82 Å². The van der Waals surface area contributed by atoms with E-state index in [0.717, 1.165) is 115 Å². The number of ether oxygens (including phenoxy) is 1. The van der Waals surface area contributed by atoms with Crippen molar-refractivity contribution in [1.29, 1.82) is 0 Å². The van der Waals surface area contributed by atoms with E-state index in [-0.39, 0.29) is 47.0 Å². The molecule has 3 saturated heterocycles. The topological polar surface area (TPSA) is 177 Å². The number of anilines is 2. The fourth-order valence-electron chi connectivity index (χ4n) is 11.1. The molecule has 4 aromatic carbocycles. The van der Waals surface area contributed by atoms with Gasteiger partial charge in [-0.25, -0.2) is 4.57 Å². The number of phenolic OH excluding ortho intramolecular Hbond substituents is 2. The Morgan fingerprint density at radius 1 is 0.819 bits per heavy atom. The summed E-state index contributed by atoms with van der Waals surface area (Å²) in [5.74, 6) is 1.66. The summed E-state index contributed by atoms with van der Waals surface area (Å²) in [6.07, 6.45) is 6.52. The Labute approximate surface area is 425 Å². The molecule has 0 unspecified atom stereocenters. The number of carbonyl (C=O) groups excluding carboxylic acids is 2. The molecule has 0 saturated carbocycles. The van der Waals surface area contributed by atoms with Gasteiger partial charge in [0.25, 0.3) is 0 Å². The summed E-state index contributed by atoms with van der Waals surface area (Å²) < 4.78 is 7.88. The quantitative estimate of drug-likeness (QED) is 0.0959. The van der Waals surface area contributed by atoms with Gasteiger partial charge >= 0.3 is 12.0 Å². The molecule has 16 nitrogen and oxygen atoms in total. The summed E-state index contributed by atoms with van der Waals surface area (Å²) in [6, 6.07) is 23.2. The Bertz CT molecular complexity index is 2950. The van der Waals surface area contributed by atoms with E-state index in [1.807, 2.05) is 55.1 Å². The van der Waals surface area contributed by atoms with E-state index in [4.69, 9.17) is 26.3 Å². The number of phenols is 2. The molecule has 3 N–H and O–H groups in total. The van der Waals surface area contributed by atoms with Crippen LogP contribution in [0.25, 0.3) is 27.8 Å². The fourth-order valence-corrected chi connectivity index (χ4v) is 11.3. The average molecular weight is 996 g/mol. The van der Waals surface area contributed by atoms with E-state index in [2.05, 4.69) is 60.6 Å². The first kappa shape index (κ1) is 48.7. The molecule has 4 aliphatic heterocycles. The molecule has 2 amide bonds. The summed E-state index contributed by atoms with van der Waals surface area (Å²) in [6.45, 7) is 15.7. The molecule has 0 aliphatic carbocycles. The number of hydrogen-bond donors (Lipinski definition) is 3. The average Bonchev–Trinajstić information content (AvgIpc) is 3.78. The minimum Gasteiger partial charge on any atom is -0.508 e. The summed E-state index contributed by atoms with van der Waals surface area (Å²) >= 11 is 6.78. The first-order chi connectivity index (χ1) is 34.9. The zero-order valence-electron chi connectivity index (χ0n) is 41.1. The molecule has 4 aliphatic rings. The van der Waals surface area contributed by atoms with Gasteiger partial charge < -0.3 is 39.7 Å². The Morgan fingerprint density at radius 3 is 2.28 bits per heavy atom. The van der Waals surface area contributed by atoms with Gasteiger partial charge in [-0.1, -0.05) is 73.5 Å². The molecule has 17 heteroatoms. The number of hydrogen-bond acceptors (Lipinski definition) is 13. The van der Waals surface area contributed by atoms with Gasteiger partial charge in [0, 0.05) is 81.0 Å². The van der Waals surface area contributed by atoms with E-state index in [1.165, 1.54) is 16.7 Å². The molecule has 10 rings (SSSR count). The monoisotopic (exact) mass is 994 g/mol. The number of nitrogens with zero attached hydrogens (tertiary/aromatic N) is 10. The largest absolute Gasteiger partial charge is 0.508 e. The third-order valence-electron chi connectivity index (χ3n) is 15.1. The maximum Gasteiger partial charge on any atom is 0.319 e. The number of rotatable bonds is 13. The third kappa shape index (κ3) is 10.1. The minimum atomic E-state index is -0.303. The molecular formula is C55H63ClN10O6. The van der Waals surface area contributed by atoms with Crippen molar-refractivity contribution < 1.29 is 29.6 Å². The number of aromatic nitrogens is 5. The van der Waals surface area contributed by atoms with Crippen LogP contribution < -0.4 is 14.5 Å². The molecule has 6 heterocycles. The number of fused-ring (bicyclic) bond motifs is 2. The number of carbonyl (C=O) groups is 2. The molecule has 72 heavy (non-hydrogen) atoms. The van der Waals surface area contributed by atoms with Gasteiger partial charge in [-0.15, -0.1) is 5.10 Å². The number of halogens is 1. The Morgan fingerprint density at radius 2 is 1.56 bits per heavy atom. The highest BCUT2D eigenvalue weighted by Gasteiger charge is 2.33. The first-order valence-electron chi connectivity index (χ1n) is 25.3. The molecule has 0 radical (unpaired) electrons. The normalized spacial score (nSPS) is 17.2. The molecule has 3 fully saturated rings. The predicted octanol–water partition coefficient (Wildman–Crippen LogP) is 7.74. The van der Waals surface area contributed by atoms with Crippen molar-refractivity contribution >= 4 is 45.7 Å². The summed E-state index contributed by atoms with van der Waals surface area (Å²) in [4.78, 5) is 47.2. The van der Waals surface area contributed by atoms with Crippen LogP contribution in [-0.2, 0) is 29.0 Å². The van der Waals surface area contributed by atoms with Gasteiger partial charge in [0.1, 0.15) is 23.9 Å². The number of aromatic hydroxyl groups is 3. The summed E-state index contributed by atoms with van der Waals surface area (Å²) in [7, 11) is 0. The number of piperazine rings is 1. The molecule has 0 atom stereocenters. The van der Waals surface area contributed by atoms with Crippen LogP contribution in [0.1, 0.15) is 67.8 Å². The first-order valence-corrected chi connectivity index (χ1v) is 25.7. The van der Waals surface area contributed by atoms with Crippen LogP contribution in [0, 0.1) is 11.8 Å². The maximum absolute atomic E-state index is 13.8. The summed E-state index contributed by atoms with van der Waals surface area (Å²) in [5.41, 5.74) is 5.95. The predicted molar refractivity (Wildman–Crippen MR) is 278 cm³/mol. The Kier molecular flexibility index (Phi) is 14.2. The van der Waals surface area contributed by atoms with Gasteiger partial charge in [-0.2, -0.15) is 9.97 Å². The third-order valence-corrected chi connectivity index (χ3v) is 15.5. The van der Waals surface area contributed by atoms with Crippen LogP contribution in [0.4, 0.5) is 11.5 Å². The zero-order chi connectivity index (χ0) is 50.0. The molecule has 0 spiro atoms. The maximum atomic E-state index is 13.8. The highest BCUT2D eigenvalue weighted by Crippen LogP contribution is 2.40. The van der Waals surface area contributed by atoms with Gasteiger partial charge in [-0.3, -0.25) is 14.5 Å². The van der Waals surface area contributed by atoms with E-state index in [9.17, 15) is 24.9 Å². The van der Waals surface area contributed by atoms with Gasteiger partial charge in [0.05, 0.1) is 28.5 Å². The van der Waals surface area contributed by atoms with Crippen LogP contribution >= 0.6 is 11.6 Å². The second-order valence-electron chi connectivity index (χ2n) is 19.9. The second kappa shape index (κ2) is 21.0. The fraction of sp³-hybridized carbons (Fsp3) is 0.418. The SMILES string of the molecule is C=CC(=O)N1CCN(c2nc(OCCN3CCC(C(=O)N4CCC(Cc5ccc(-n6c(O)nnc6-c6cc(C(C)C)c(O)cc6O)cc5)CC4)CC3)nc3c2CCN(c2cccc4cccc(Cl)c24)C3)CC1. The van der Waals surface area contributed by atoms with Crippen LogP contribution in [0.15, 0.2) is 85.5 Å². The van der Waals surface area contributed by atoms with Crippen molar-refractivity contribution in [3.8, 4) is 40.6 Å². The lowest BCUT2D eigenvalue weighted by molar-refractivity contribution is -0.138. The van der Waals surface area contributed by atoms with E-state index >= 15 is 0 Å². The number of amides is 2. The molecular weight excluding hydrogens is 932 g/mol. The number of piperidine rings is 2. The highest BCUT2D eigenvalue weighted by molar-refractivity contribution is 6.36. The van der Waals surface area contributed by atoms with Crippen molar-refractivity contribution in [2.45, 2.75) is 64.8 Å². The van der Waals surface area contributed by atoms with Crippen LogP contribution in [-0.4, -0.2) is 139 Å². The van der Waals surface area contributed by atoms with Gasteiger partial charge in [-0.05, 0) is 116 Å². The highest BCUT2D eigenvalue weighted by atomic mass is 35.5. The molecule has 2 aromatic heterocycles.